The fourth-order valence-corrected chi connectivity index (χ4v) is 4.19. The Morgan fingerprint density at radius 1 is 1.36 bits per heavy atom. The van der Waals surface area contributed by atoms with Crippen LogP contribution in [-0.4, -0.2) is 28.6 Å². The lowest BCUT2D eigenvalue weighted by atomic mass is 10.1. The number of hydrogen-bond donors (Lipinski definition) is 1. The molecule has 4 rings (SSSR count). The van der Waals surface area contributed by atoms with Gasteiger partial charge in [0.1, 0.15) is 11.6 Å². The zero-order chi connectivity index (χ0) is 15.3. The Hall–Kier alpha value is -2.46. The molecule has 22 heavy (non-hydrogen) atoms. The number of fused-ring (bicyclic) bond motifs is 3. The summed E-state index contributed by atoms with van der Waals surface area (Å²) in [4.78, 5) is 11.8. The molecule has 0 bridgehead atoms. The van der Waals surface area contributed by atoms with Crippen LogP contribution in [0.2, 0.25) is 0 Å². The molecule has 110 valence electrons. The van der Waals surface area contributed by atoms with Crippen molar-refractivity contribution in [3.8, 4) is 6.07 Å². The van der Waals surface area contributed by atoms with Gasteiger partial charge in [-0.1, -0.05) is 0 Å². The summed E-state index contributed by atoms with van der Waals surface area (Å²) in [5.41, 5.74) is 2.60. The van der Waals surface area contributed by atoms with Crippen molar-refractivity contribution in [3.63, 3.8) is 0 Å². The largest absolute Gasteiger partial charge is 0.340 e. The normalized spacial score (nSPS) is 15.2. The predicted molar refractivity (Wildman–Crippen MR) is 81.8 cm³/mol. The first-order valence-corrected chi connectivity index (χ1v) is 8.67. The van der Waals surface area contributed by atoms with Crippen molar-refractivity contribution in [1.29, 1.82) is 5.26 Å². The van der Waals surface area contributed by atoms with Gasteiger partial charge in [-0.2, -0.15) is 5.26 Å². The van der Waals surface area contributed by atoms with Gasteiger partial charge in [-0.25, -0.2) is 13.4 Å². The maximum atomic E-state index is 12.1. The van der Waals surface area contributed by atoms with E-state index < -0.39 is 9.84 Å². The number of aromatic nitrogens is 3. The SMILES string of the molecule is N#Cc1ccc2ncc3[nH]c(CS(=O)(=O)C4CC4)nc3c2c1. The van der Waals surface area contributed by atoms with E-state index in [2.05, 4.69) is 21.0 Å². The number of pyridine rings is 1. The molecule has 6 nitrogen and oxygen atoms in total. The van der Waals surface area contributed by atoms with E-state index in [-0.39, 0.29) is 11.0 Å². The van der Waals surface area contributed by atoms with Crippen molar-refractivity contribution in [1.82, 2.24) is 15.0 Å². The molecule has 7 heteroatoms. The van der Waals surface area contributed by atoms with Crippen molar-refractivity contribution >= 4 is 31.8 Å². The number of benzene rings is 1. The molecule has 1 fully saturated rings. The van der Waals surface area contributed by atoms with Crippen LogP contribution in [0.25, 0.3) is 21.9 Å². The van der Waals surface area contributed by atoms with Gasteiger partial charge in [-0.15, -0.1) is 0 Å². The molecular formula is C15H12N4O2S. The van der Waals surface area contributed by atoms with Crippen LogP contribution in [0, 0.1) is 11.3 Å². The molecule has 1 saturated carbocycles. The fraction of sp³-hybridized carbons (Fsp3) is 0.267. The van der Waals surface area contributed by atoms with E-state index in [1.54, 1.807) is 24.4 Å². The summed E-state index contributed by atoms with van der Waals surface area (Å²) >= 11 is 0. The summed E-state index contributed by atoms with van der Waals surface area (Å²) in [6.45, 7) is 0. The first-order valence-electron chi connectivity index (χ1n) is 6.96. The topological polar surface area (TPSA) is 99.5 Å². The molecule has 0 atom stereocenters. The highest BCUT2D eigenvalue weighted by atomic mass is 32.2. The number of nitrogens with zero attached hydrogens (tertiary/aromatic N) is 3. The van der Waals surface area contributed by atoms with Crippen molar-refractivity contribution in [2.45, 2.75) is 23.8 Å². The maximum absolute atomic E-state index is 12.1. The van der Waals surface area contributed by atoms with Crippen LogP contribution >= 0.6 is 0 Å². The van der Waals surface area contributed by atoms with Gasteiger partial charge in [0.15, 0.2) is 9.84 Å². The second-order valence-corrected chi connectivity index (χ2v) is 7.84. The molecule has 0 aliphatic heterocycles. The molecule has 1 aliphatic rings. The van der Waals surface area contributed by atoms with E-state index in [1.165, 1.54) is 0 Å². The third-order valence-corrected chi connectivity index (χ3v) is 6.03. The monoisotopic (exact) mass is 312 g/mol. The molecule has 1 aromatic carbocycles. The summed E-state index contributed by atoms with van der Waals surface area (Å²) in [5, 5.41) is 9.56. The number of aromatic amines is 1. The summed E-state index contributed by atoms with van der Waals surface area (Å²) in [5.74, 6) is 0.352. The Morgan fingerprint density at radius 3 is 2.91 bits per heavy atom. The first kappa shape index (κ1) is 13.2. The Balaban J connectivity index is 1.86. The molecule has 0 unspecified atom stereocenters. The van der Waals surface area contributed by atoms with Crippen molar-refractivity contribution in [3.05, 3.63) is 35.8 Å². The van der Waals surface area contributed by atoms with Crippen LogP contribution in [0.5, 0.6) is 0 Å². The van der Waals surface area contributed by atoms with Crippen LogP contribution in [0.3, 0.4) is 0 Å². The summed E-state index contributed by atoms with van der Waals surface area (Å²) in [6, 6.07) is 7.28. The molecule has 2 heterocycles. The lowest BCUT2D eigenvalue weighted by Crippen LogP contribution is -2.10. The minimum atomic E-state index is -3.12. The molecule has 0 saturated heterocycles. The van der Waals surface area contributed by atoms with Crippen molar-refractivity contribution < 1.29 is 8.42 Å². The fourth-order valence-electron chi connectivity index (χ4n) is 2.58. The maximum Gasteiger partial charge on any atom is 0.160 e. The van der Waals surface area contributed by atoms with Gasteiger partial charge in [-0.3, -0.25) is 4.98 Å². The number of imidazole rings is 1. The van der Waals surface area contributed by atoms with Gasteiger partial charge in [0.25, 0.3) is 0 Å². The lowest BCUT2D eigenvalue weighted by molar-refractivity contribution is 0.593. The third-order valence-electron chi connectivity index (χ3n) is 3.86. The van der Waals surface area contributed by atoms with Gasteiger partial charge >= 0.3 is 0 Å². The van der Waals surface area contributed by atoms with Gasteiger partial charge < -0.3 is 4.98 Å². The van der Waals surface area contributed by atoms with Gasteiger partial charge in [0.2, 0.25) is 0 Å². The number of nitriles is 1. The summed E-state index contributed by atoms with van der Waals surface area (Å²) < 4.78 is 24.2. The molecule has 0 radical (unpaired) electrons. The average Bonchev–Trinajstić information content (AvgIpc) is 3.28. The first-order chi connectivity index (χ1) is 10.6. The van der Waals surface area contributed by atoms with E-state index in [0.29, 0.717) is 22.4 Å². The quantitative estimate of drug-likeness (QED) is 0.798. The molecule has 3 aromatic rings. The molecule has 2 aromatic heterocycles. The Labute approximate surface area is 126 Å². The second kappa shape index (κ2) is 4.52. The molecular weight excluding hydrogens is 300 g/mol. The highest BCUT2D eigenvalue weighted by Crippen LogP contribution is 2.31. The number of rotatable bonds is 3. The number of nitrogens with one attached hydrogen (secondary N) is 1. The minimum absolute atomic E-state index is 0.0776. The van der Waals surface area contributed by atoms with Crippen molar-refractivity contribution in [2.24, 2.45) is 0 Å². The highest BCUT2D eigenvalue weighted by molar-refractivity contribution is 7.91. The Bertz CT molecular complexity index is 1040. The number of hydrogen-bond acceptors (Lipinski definition) is 5. The predicted octanol–water partition coefficient (Wildman–Crippen LogP) is 2.06. The van der Waals surface area contributed by atoms with E-state index >= 15 is 0 Å². The molecule has 0 amide bonds. The summed E-state index contributed by atoms with van der Waals surface area (Å²) in [7, 11) is -3.12. The van der Waals surface area contributed by atoms with Gasteiger partial charge in [-0.05, 0) is 31.0 Å². The Kier molecular flexibility index (Phi) is 2.71. The third kappa shape index (κ3) is 2.12. The second-order valence-electron chi connectivity index (χ2n) is 5.55. The average molecular weight is 312 g/mol. The van der Waals surface area contributed by atoms with Crippen LogP contribution in [0.15, 0.2) is 24.4 Å². The standard InChI is InChI=1S/C15H12N4O2S/c16-6-9-1-4-12-11(5-9)15-13(7-17-12)18-14(19-15)8-22(20,21)10-2-3-10/h1,4-5,7,10H,2-3,8H2,(H,18,19). The van der Waals surface area contributed by atoms with Gasteiger partial charge in [0.05, 0.1) is 39.6 Å². The highest BCUT2D eigenvalue weighted by Gasteiger charge is 2.36. The van der Waals surface area contributed by atoms with Crippen LogP contribution in [-0.2, 0) is 15.6 Å². The lowest BCUT2D eigenvalue weighted by Gasteiger charge is -1.98. The summed E-state index contributed by atoms with van der Waals surface area (Å²) in [6.07, 6.45) is 3.14. The van der Waals surface area contributed by atoms with E-state index in [1.807, 2.05) is 0 Å². The minimum Gasteiger partial charge on any atom is -0.340 e. The van der Waals surface area contributed by atoms with E-state index in [9.17, 15) is 8.42 Å². The molecule has 1 N–H and O–H groups in total. The molecule has 0 spiro atoms. The van der Waals surface area contributed by atoms with Crippen LogP contribution in [0.1, 0.15) is 24.2 Å². The zero-order valence-electron chi connectivity index (χ0n) is 11.6. The van der Waals surface area contributed by atoms with E-state index in [0.717, 1.165) is 23.7 Å². The van der Waals surface area contributed by atoms with Gasteiger partial charge in [0, 0.05) is 5.39 Å². The number of sulfone groups is 1. The Morgan fingerprint density at radius 2 is 2.18 bits per heavy atom. The van der Waals surface area contributed by atoms with Crippen molar-refractivity contribution in [2.75, 3.05) is 0 Å². The van der Waals surface area contributed by atoms with Crippen LogP contribution in [0.4, 0.5) is 0 Å². The zero-order valence-corrected chi connectivity index (χ0v) is 12.4. The number of H-pyrrole nitrogens is 1. The van der Waals surface area contributed by atoms with Crippen LogP contribution < -0.4 is 0 Å². The smallest absolute Gasteiger partial charge is 0.160 e. The van der Waals surface area contributed by atoms with E-state index in [4.69, 9.17) is 5.26 Å². The molecule has 1 aliphatic carbocycles.